The van der Waals surface area contributed by atoms with Gasteiger partial charge in [-0.25, -0.2) is 9.59 Å². The van der Waals surface area contributed by atoms with E-state index in [4.69, 9.17) is 14.2 Å². The van der Waals surface area contributed by atoms with Crippen LogP contribution in [0.25, 0.3) is 0 Å². The molecule has 8 heteroatoms. The highest BCUT2D eigenvalue weighted by Gasteiger charge is 2.49. The Hall–Kier alpha value is -3.10. The highest BCUT2D eigenvalue weighted by molar-refractivity contribution is 5.68. The average molecular weight is 469 g/mol. The maximum Gasteiger partial charge on any atom is 0.410 e. The first kappa shape index (κ1) is 24.0. The lowest BCUT2D eigenvalue weighted by Crippen LogP contribution is -2.32. The zero-order valence-electron chi connectivity index (χ0n) is 19.4. The van der Waals surface area contributed by atoms with Crippen LogP contribution in [-0.4, -0.2) is 71.6 Å². The molecule has 3 heterocycles. The number of carbonyl (C=O) groups is 2. The van der Waals surface area contributed by atoms with Gasteiger partial charge in [0.25, 0.3) is 0 Å². The summed E-state index contributed by atoms with van der Waals surface area (Å²) in [6.07, 6.45) is 0.422. The SMILES string of the molecule is CC[C@H]1CN(C(=O)OCc2ccccc2)C[C@@H]1O.O=C(OCc1ccccc1)N1CC2OC2C1. The van der Waals surface area contributed by atoms with Crippen LogP contribution in [0.5, 0.6) is 0 Å². The second kappa shape index (κ2) is 11.4. The topological polar surface area (TPSA) is 91.8 Å². The lowest BCUT2D eigenvalue weighted by molar-refractivity contribution is 0.0902. The first-order valence-electron chi connectivity index (χ1n) is 11.8. The summed E-state index contributed by atoms with van der Waals surface area (Å²) in [4.78, 5) is 26.7. The number of nitrogens with zero attached hydrogens (tertiary/aromatic N) is 2. The van der Waals surface area contributed by atoms with Crippen LogP contribution >= 0.6 is 0 Å². The number of amides is 2. The fourth-order valence-electron chi connectivity index (χ4n) is 4.18. The smallest absolute Gasteiger partial charge is 0.410 e. The molecule has 0 spiro atoms. The molecule has 8 nitrogen and oxygen atoms in total. The molecule has 3 fully saturated rings. The van der Waals surface area contributed by atoms with E-state index in [-0.39, 0.29) is 36.9 Å². The van der Waals surface area contributed by atoms with E-state index in [9.17, 15) is 14.7 Å². The zero-order valence-corrected chi connectivity index (χ0v) is 19.4. The Kier molecular flexibility index (Phi) is 8.03. The van der Waals surface area contributed by atoms with Crippen LogP contribution in [0, 0.1) is 5.92 Å². The molecule has 1 N–H and O–H groups in total. The van der Waals surface area contributed by atoms with Gasteiger partial charge < -0.3 is 29.1 Å². The number of carbonyl (C=O) groups excluding carboxylic acids is 2. The molecule has 3 aliphatic heterocycles. The number of aliphatic hydroxyl groups excluding tert-OH is 1. The number of fused-ring (bicyclic) bond motifs is 1. The Balaban J connectivity index is 0.000000162. The molecule has 5 rings (SSSR count). The van der Waals surface area contributed by atoms with Crippen molar-refractivity contribution in [2.24, 2.45) is 5.92 Å². The molecule has 0 saturated carbocycles. The molecule has 2 unspecified atom stereocenters. The molecule has 0 bridgehead atoms. The Bertz CT molecular complexity index is 931. The van der Waals surface area contributed by atoms with E-state index in [1.165, 1.54) is 0 Å². The van der Waals surface area contributed by atoms with Gasteiger partial charge in [0.1, 0.15) is 25.4 Å². The van der Waals surface area contributed by atoms with E-state index in [0.29, 0.717) is 32.8 Å². The summed E-state index contributed by atoms with van der Waals surface area (Å²) in [5.74, 6) is 0.175. The third kappa shape index (κ3) is 6.48. The van der Waals surface area contributed by atoms with E-state index in [1.54, 1.807) is 9.80 Å². The molecular formula is C26H32N2O6. The van der Waals surface area contributed by atoms with Crippen molar-refractivity contribution in [1.29, 1.82) is 0 Å². The number of epoxide rings is 1. The quantitative estimate of drug-likeness (QED) is 0.676. The van der Waals surface area contributed by atoms with E-state index in [0.717, 1.165) is 17.5 Å². The van der Waals surface area contributed by atoms with Gasteiger partial charge in [-0.15, -0.1) is 0 Å². The molecule has 0 aliphatic carbocycles. The first-order chi connectivity index (χ1) is 16.5. The van der Waals surface area contributed by atoms with Gasteiger partial charge in [-0.3, -0.25) is 0 Å². The number of ether oxygens (including phenoxy) is 3. The van der Waals surface area contributed by atoms with Crippen molar-refractivity contribution >= 4 is 12.2 Å². The Morgan fingerprint density at radius 2 is 1.29 bits per heavy atom. The van der Waals surface area contributed by atoms with Gasteiger partial charge in [0.2, 0.25) is 0 Å². The van der Waals surface area contributed by atoms with Gasteiger partial charge in [-0.05, 0) is 17.5 Å². The third-order valence-electron chi connectivity index (χ3n) is 6.35. The normalized spacial score (nSPS) is 24.6. The molecule has 0 radical (unpaired) electrons. The van der Waals surface area contributed by atoms with Crippen molar-refractivity contribution in [3.05, 3.63) is 71.8 Å². The summed E-state index contributed by atoms with van der Waals surface area (Å²) in [6.45, 7) is 4.97. The number of β-amino-alcohol motifs (C(OH)–C–C–N with tert-alkyl or cyclic N) is 1. The van der Waals surface area contributed by atoms with E-state index >= 15 is 0 Å². The van der Waals surface area contributed by atoms with Crippen LogP contribution in [0.3, 0.4) is 0 Å². The summed E-state index contributed by atoms with van der Waals surface area (Å²) in [6, 6.07) is 19.3. The zero-order chi connectivity index (χ0) is 23.9. The predicted molar refractivity (Wildman–Crippen MR) is 125 cm³/mol. The lowest BCUT2D eigenvalue weighted by Gasteiger charge is -2.16. The lowest BCUT2D eigenvalue weighted by atomic mass is 10.0. The third-order valence-corrected chi connectivity index (χ3v) is 6.35. The van der Waals surface area contributed by atoms with E-state index in [1.807, 2.05) is 67.6 Å². The van der Waals surface area contributed by atoms with Crippen LogP contribution in [0.15, 0.2) is 60.7 Å². The number of likely N-dealkylation sites (tertiary alicyclic amines) is 2. The van der Waals surface area contributed by atoms with Crippen LogP contribution in [0.4, 0.5) is 9.59 Å². The largest absolute Gasteiger partial charge is 0.445 e. The number of hydrogen-bond acceptors (Lipinski definition) is 6. The summed E-state index contributed by atoms with van der Waals surface area (Å²) >= 11 is 0. The molecule has 2 aromatic carbocycles. The Labute approximate surface area is 200 Å². The van der Waals surface area contributed by atoms with Gasteiger partial charge in [0, 0.05) is 12.5 Å². The summed E-state index contributed by atoms with van der Waals surface area (Å²) < 4.78 is 15.7. The molecule has 3 aliphatic rings. The maximum atomic E-state index is 11.8. The number of aliphatic hydroxyl groups is 1. The maximum absolute atomic E-state index is 11.8. The van der Waals surface area contributed by atoms with Crippen molar-refractivity contribution in [1.82, 2.24) is 9.80 Å². The van der Waals surface area contributed by atoms with E-state index in [2.05, 4.69) is 0 Å². The van der Waals surface area contributed by atoms with Crippen molar-refractivity contribution in [3.8, 4) is 0 Å². The minimum Gasteiger partial charge on any atom is -0.445 e. The van der Waals surface area contributed by atoms with Gasteiger partial charge >= 0.3 is 12.2 Å². The van der Waals surface area contributed by atoms with Crippen molar-refractivity contribution in [2.75, 3.05) is 26.2 Å². The van der Waals surface area contributed by atoms with Crippen LogP contribution < -0.4 is 0 Å². The summed E-state index contributed by atoms with van der Waals surface area (Å²) in [7, 11) is 0. The molecule has 0 aromatic heterocycles. The monoisotopic (exact) mass is 468 g/mol. The number of hydrogen-bond donors (Lipinski definition) is 1. The predicted octanol–water partition coefficient (Wildman–Crippen LogP) is 3.43. The minimum absolute atomic E-state index is 0.175. The fraction of sp³-hybridized carbons (Fsp3) is 0.462. The highest BCUT2D eigenvalue weighted by atomic mass is 16.6. The van der Waals surface area contributed by atoms with Crippen LogP contribution in [0.2, 0.25) is 0 Å². The molecule has 182 valence electrons. The first-order valence-corrected chi connectivity index (χ1v) is 11.8. The number of morpholine rings is 1. The number of rotatable bonds is 5. The molecule has 2 amide bonds. The average Bonchev–Trinajstić information content (AvgIpc) is 3.29. The van der Waals surface area contributed by atoms with Gasteiger partial charge in [0.15, 0.2) is 0 Å². The van der Waals surface area contributed by atoms with Crippen LogP contribution in [-0.2, 0) is 27.4 Å². The summed E-state index contributed by atoms with van der Waals surface area (Å²) in [5.41, 5.74) is 1.98. The van der Waals surface area contributed by atoms with E-state index < -0.39 is 6.10 Å². The standard InChI is InChI=1S/C14H19NO3.C12H13NO3/c1-2-12-8-15(9-13(12)16)14(17)18-10-11-6-4-3-5-7-11;14-12(13-6-10-11(7-13)16-10)15-8-9-4-2-1-3-5-9/h3-7,12-13,16H,2,8-10H2,1H3;1-5,10-11H,6-8H2/t12-,13-;/m0./s1. The summed E-state index contributed by atoms with van der Waals surface area (Å²) in [5, 5.41) is 9.74. The highest BCUT2D eigenvalue weighted by Crippen LogP contribution is 2.30. The van der Waals surface area contributed by atoms with Crippen LogP contribution in [0.1, 0.15) is 24.5 Å². The van der Waals surface area contributed by atoms with Crippen molar-refractivity contribution in [3.63, 3.8) is 0 Å². The Morgan fingerprint density at radius 1 is 0.824 bits per heavy atom. The molecule has 2 aromatic rings. The second-order valence-electron chi connectivity index (χ2n) is 8.84. The molecule has 34 heavy (non-hydrogen) atoms. The van der Waals surface area contributed by atoms with Gasteiger partial charge in [-0.1, -0.05) is 67.6 Å². The number of benzene rings is 2. The van der Waals surface area contributed by atoms with Gasteiger partial charge in [-0.2, -0.15) is 0 Å². The molecule has 4 atom stereocenters. The van der Waals surface area contributed by atoms with Crippen molar-refractivity contribution in [2.45, 2.75) is 44.9 Å². The molecular weight excluding hydrogens is 436 g/mol. The minimum atomic E-state index is -0.417. The fourth-order valence-corrected chi connectivity index (χ4v) is 4.18. The Morgan fingerprint density at radius 3 is 1.74 bits per heavy atom. The second-order valence-corrected chi connectivity index (χ2v) is 8.84. The van der Waals surface area contributed by atoms with Gasteiger partial charge in [0.05, 0.1) is 25.7 Å². The molecule has 3 saturated heterocycles. The van der Waals surface area contributed by atoms with Crippen molar-refractivity contribution < 1.29 is 28.9 Å².